The number of hydrogen-bond donors (Lipinski definition) is 2. The molecule has 5 nitrogen and oxygen atoms in total. The van der Waals surface area contributed by atoms with Gasteiger partial charge >= 0.3 is 5.97 Å². The summed E-state index contributed by atoms with van der Waals surface area (Å²) in [6.45, 7) is 1.80. The average Bonchev–Trinajstić information content (AvgIpc) is 2.31. The minimum absolute atomic E-state index is 0.0344. The van der Waals surface area contributed by atoms with Crippen molar-refractivity contribution in [2.75, 3.05) is 6.54 Å². The fourth-order valence-corrected chi connectivity index (χ4v) is 1.53. The van der Waals surface area contributed by atoms with E-state index in [9.17, 15) is 9.59 Å². The fourth-order valence-electron chi connectivity index (χ4n) is 1.19. The van der Waals surface area contributed by atoms with Crippen molar-refractivity contribution >= 4 is 35.1 Å². The number of nitrogens with one attached hydrogen (secondary N) is 1. The molecule has 1 rings (SSSR count). The SMILES string of the molecule is CC(CCNC(=O)c1nc(Cl)ccc1Cl)C(=O)O. The lowest BCUT2D eigenvalue weighted by molar-refractivity contribution is -0.141. The van der Waals surface area contributed by atoms with Gasteiger partial charge in [0.1, 0.15) is 10.8 Å². The van der Waals surface area contributed by atoms with Crippen LogP contribution in [0.3, 0.4) is 0 Å². The maximum atomic E-state index is 11.7. The second-order valence-corrected chi connectivity index (χ2v) is 4.54. The third-order valence-corrected chi connectivity index (χ3v) is 2.83. The number of pyridine rings is 1. The second-order valence-electron chi connectivity index (χ2n) is 3.75. The minimum atomic E-state index is -0.900. The first-order valence-electron chi connectivity index (χ1n) is 5.25. The van der Waals surface area contributed by atoms with E-state index in [1.807, 2.05) is 0 Å². The molecule has 1 amide bonds. The maximum Gasteiger partial charge on any atom is 0.306 e. The lowest BCUT2D eigenvalue weighted by atomic mass is 10.1. The minimum Gasteiger partial charge on any atom is -0.481 e. The Kier molecular flexibility index (Phi) is 5.37. The van der Waals surface area contributed by atoms with Crippen molar-refractivity contribution in [2.45, 2.75) is 13.3 Å². The van der Waals surface area contributed by atoms with E-state index in [1.165, 1.54) is 12.1 Å². The van der Waals surface area contributed by atoms with Crippen LogP contribution in [0.2, 0.25) is 10.2 Å². The predicted molar refractivity (Wildman–Crippen MR) is 68.0 cm³/mol. The first kappa shape index (κ1) is 14.7. The van der Waals surface area contributed by atoms with Crippen molar-refractivity contribution in [1.82, 2.24) is 10.3 Å². The molecule has 0 radical (unpaired) electrons. The zero-order valence-corrected chi connectivity index (χ0v) is 11.1. The Bertz CT molecular complexity index is 466. The number of aliphatic carboxylic acids is 1. The largest absolute Gasteiger partial charge is 0.481 e. The van der Waals surface area contributed by atoms with Crippen LogP contribution >= 0.6 is 23.2 Å². The normalized spacial score (nSPS) is 11.9. The van der Waals surface area contributed by atoms with Gasteiger partial charge in [-0.25, -0.2) is 4.98 Å². The molecule has 7 heteroatoms. The number of nitrogens with zero attached hydrogens (tertiary/aromatic N) is 1. The van der Waals surface area contributed by atoms with Crippen molar-refractivity contribution < 1.29 is 14.7 Å². The maximum absolute atomic E-state index is 11.7. The highest BCUT2D eigenvalue weighted by Gasteiger charge is 2.14. The molecule has 1 atom stereocenters. The van der Waals surface area contributed by atoms with Crippen LogP contribution in [0.15, 0.2) is 12.1 Å². The molecule has 0 spiro atoms. The molecule has 2 N–H and O–H groups in total. The Morgan fingerprint density at radius 2 is 2.11 bits per heavy atom. The van der Waals surface area contributed by atoms with E-state index < -0.39 is 17.8 Å². The Morgan fingerprint density at radius 3 is 2.72 bits per heavy atom. The van der Waals surface area contributed by atoms with Gasteiger partial charge in [-0.05, 0) is 18.6 Å². The van der Waals surface area contributed by atoms with Gasteiger partial charge in [-0.1, -0.05) is 30.1 Å². The summed E-state index contributed by atoms with van der Waals surface area (Å²) < 4.78 is 0. The lowest BCUT2D eigenvalue weighted by Crippen LogP contribution is -2.28. The topological polar surface area (TPSA) is 79.3 Å². The van der Waals surface area contributed by atoms with Crippen LogP contribution in [-0.2, 0) is 4.79 Å². The highest BCUT2D eigenvalue weighted by Crippen LogP contribution is 2.16. The summed E-state index contributed by atoms with van der Waals surface area (Å²) in [4.78, 5) is 26.1. The van der Waals surface area contributed by atoms with Crippen LogP contribution in [0.25, 0.3) is 0 Å². The zero-order chi connectivity index (χ0) is 13.7. The van der Waals surface area contributed by atoms with Gasteiger partial charge in [0, 0.05) is 6.54 Å². The number of carbonyl (C=O) groups is 2. The molecule has 1 aromatic rings. The number of halogens is 2. The average molecular weight is 291 g/mol. The molecular formula is C11H12Cl2N2O3. The number of carboxylic acids is 1. The number of amides is 1. The summed E-state index contributed by atoms with van der Waals surface area (Å²) in [5.41, 5.74) is 0.0344. The molecule has 0 aromatic carbocycles. The van der Waals surface area contributed by atoms with E-state index in [1.54, 1.807) is 6.92 Å². The van der Waals surface area contributed by atoms with Crippen LogP contribution in [-0.4, -0.2) is 28.5 Å². The van der Waals surface area contributed by atoms with Crippen molar-refractivity contribution in [3.8, 4) is 0 Å². The number of carboxylic acid groups (broad SMARTS) is 1. The van der Waals surface area contributed by atoms with Crippen molar-refractivity contribution in [2.24, 2.45) is 5.92 Å². The number of carbonyl (C=O) groups excluding carboxylic acids is 1. The second kappa shape index (κ2) is 6.56. The third-order valence-electron chi connectivity index (χ3n) is 2.31. The first-order valence-corrected chi connectivity index (χ1v) is 6.00. The molecule has 18 heavy (non-hydrogen) atoms. The van der Waals surface area contributed by atoms with E-state index in [4.69, 9.17) is 28.3 Å². The molecule has 0 saturated carbocycles. The Hall–Kier alpha value is -1.33. The summed E-state index contributed by atoms with van der Waals surface area (Å²) in [6, 6.07) is 2.96. The zero-order valence-electron chi connectivity index (χ0n) is 9.61. The van der Waals surface area contributed by atoms with E-state index in [-0.39, 0.29) is 22.4 Å². The summed E-state index contributed by atoms with van der Waals surface area (Å²) in [6.07, 6.45) is 0.333. The van der Waals surface area contributed by atoms with Gasteiger partial charge in [0.05, 0.1) is 10.9 Å². The number of rotatable bonds is 5. The molecule has 0 bridgehead atoms. The van der Waals surface area contributed by atoms with Crippen molar-refractivity contribution in [3.63, 3.8) is 0 Å². The van der Waals surface area contributed by atoms with Crippen LogP contribution in [0.5, 0.6) is 0 Å². The standard InChI is InChI=1S/C11H12Cl2N2O3/c1-6(11(17)18)4-5-14-10(16)9-7(12)2-3-8(13)15-9/h2-3,6H,4-5H2,1H3,(H,14,16)(H,17,18). The van der Waals surface area contributed by atoms with E-state index >= 15 is 0 Å². The Balaban J connectivity index is 2.55. The van der Waals surface area contributed by atoms with Crippen LogP contribution in [0.1, 0.15) is 23.8 Å². The molecule has 1 aromatic heterocycles. The molecule has 1 unspecified atom stereocenters. The molecule has 1 heterocycles. The van der Waals surface area contributed by atoms with Crippen LogP contribution in [0, 0.1) is 5.92 Å². The van der Waals surface area contributed by atoms with Crippen molar-refractivity contribution in [3.05, 3.63) is 28.0 Å². The summed E-state index contributed by atoms with van der Waals surface area (Å²) in [5, 5.41) is 11.6. The summed E-state index contributed by atoms with van der Waals surface area (Å²) in [7, 11) is 0. The van der Waals surface area contributed by atoms with Gasteiger partial charge in [0.25, 0.3) is 5.91 Å². The monoisotopic (exact) mass is 290 g/mol. The van der Waals surface area contributed by atoms with E-state index in [0.29, 0.717) is 6.42 Å². The Morgan fingerprint density at radius 1 is 1.44 bits per heavy atom. The lowest BCUT2D eigenvalue weighted by Gasteiger charge is -2.08. The van der Waals surface area contributed by atoms with Gasteiger partial charge in [0.2, 0.25) is 0 Å². The molecule has 0 fully saturated rings. The molecule has 98 valence electrons. The number of aromatic nitrogens is 1. The van der Waals surface area contributed by atoms with Gasteiger partial charge in [-0.15, -0.1) is 0 Å². The van der Waals surface area contributed by atoms with Gasteiger partial charge in [0.15, 0.2) is 0 Å². The predicted octanol–water partition coefficient (Wildman–Crippen LogP) is 2.23. The highest BCUT2D eigenvalue weighted by atomic mass is 35.5. The summed E-state index contributed by atoms with van der Waals surface area (Å²) >= 11 is 11.5. The molecule has 0 aliphatic heterocycles. The van der Waals surface area contributed by atoms with Gasteiger partial charge < -0.3 is 10.4 Å². The van der Waals surface area contributed by atoms with E-state index in [0.717, 1.165) is 0 Å². The van der Waals surface area contributed by atoms with Gasteiger partial charge in [-0.3, -0.25) is 9.59 Å². The van der Waals surface area contributed by atoms with Gasteiger partial charge in [-0.2, -0.15) is 0 Å². The molecule has 0 aliphatic rings. The first-order chi connectivity index (χ1) is 8.41. The highest BCUT2D eigenvalue weighted by molar-refractivity contribution is 6.34. The molecular weight excluding hydrogens is 279 g/mol. The Labute approximate surface area is 114 Å². The van der Waals surface area contributed by atoms with Crippen LogP contribution < -0.4 is 5.32 Å². The smallest absolute Gasteiger partial charge is 0.306 e. The van der Waals surface area contributed by atoms with Crippen LogP contribution in [0.4, 0.5) is 0 Å². The van der Waals surface area contributed by atoms with E-state index in [2.05, 4.69) is 10.3 Å². The quantitative estimate of drug-likeness (QED) is 0.815. The summed E-state index contributed by atoms with van der Waals surface area (Å²) in [5.74, 6) is -1.89. The third kappa shape index (κ3) is 4.16. The fraction of sp³-hybridized carbons (Fsp3) is 0.364. The number of hydrogen-bond acceptors (Lipinski definition) is 3. The molecule has 0 saturated heterocycles. The van der Waals surface area contributed by atoms with Crippen molar-refractivity contribution in [1.29, 1.82) is 0 Å². The molecule has 0 aliphatic carbocycles.